The molecular formula is C12H16N2O3. The Morgan fingerprint density at radius 3 is 2.65 bits per heavy atom. The van der Waals surface area contributed by atoms with Gasteiger partial charge in [-0.05, 0) is 12.1 Å². The van der Waals surface area contributed by atoms with Crippen LogP contribution in [0.25, 0.3) is 11.0 Å². The van der Waals surface area contributed by atoms with Crippen LogP contribution in [-0.4, -0.2) is 34.1 Å². The Hall–Kier alpha value is -1.59. The Bertz CT molecular complexity index is 556. The van der Waals surface area contributed by atoms with Gasteiger partial charge >= 0.3 is 5.69 Å². The van der Waals surface area contributed by atoms with Crippen LogP contribution in [0.5, 0.6) is 0 Å². The van der Waals surface area contributed by atoms with Crippen molar-refractivity contribution in [2.45, 2.75) is 6.54 Å². The zero-order valence-corrected chi connectivity index (χ0v) is 9.80. The molecule has 0 amide bonds. The summed E-state index contributed by atoms with van der Waals surface area (Å²) in [7, 11) is 1.76. The molecule has 0 radical (unpaired) electrons. The van der Waals surface area contributed by atoms with Crippen molar-refractivity contribution in [1.29, 1.82) is 0 Å². The molecule has 17 heavy (non-hydrogen) atoms. The van der Waals surface area contributed by atoms with Crippen LogP contribution in [0.4, 0.5) is 0 Å². The third kappa shape index (κ3) is 2.25. The number of aromatic nitrogens is 2. The van der Waals surface area contributed by atoms with Crippen LogP contribution in [0, 0.1) is 0 Å². The van der Waals surface area contributed by atoms with Crippen molar-refractivity contribution in [2.24, 2.45) is 7.05 Å². The minimum atomic E-state index is -0.0428. The Labute approximate surface area is 98.9 Å². The normalized spacial score (nSPS) is 11.2. The number of aryl methyl sites for hydroxylation is 1. The van der Waals surface area contributed by atoms with E-state index in [1.54, 1.807) is 16.2 Å². The van der Waals surface area contributed by atoms with Gasteiger partial charge in [-0.2, -0.15) is 0 Å². The highest BCUT2D eigenvalue weighted by molar-refractivity contribution is 5.75. The van der Waals surface area contributed by atoms with Gasteiger partial charge in [0.2, 0.25) is 0 Å². The summed E-state index contributed by atoms with van der Waals surface area (Å²) in [5, 5.41) is 8.60. The molecule has 0 bridgehead atoms. The monoisotopic (exact) mass is 236 g/mol. The maximum Gasteiger partial charge on any atom is 0.328 e. The molecule has 0 aliphatic rings. The highest BCUT2D eigenvalue weighted by Gasteiger charge is 2.08. The number of ether oxygens (including phenoxy) is 1. The van der Waals surface area contributed by atoms with Crippen molar-refractivity contribution in [2.75, 3.05) is 19.8 Å². The molecule has 5 nitrogen and oxygen atoms in total. The molecule has 0 aliphatic carbocycles. The standard InChI is InChI=1S/C12H16N2O3/c1-13-10-4-2-3-5-11(10)14(12(13)16)6-8-17-9-7-15/h2-5,15H,6-9H2,1H3. The lowest BCUT2D eigenvalue weighted by Crippen LogP contribution is -2.24. The number of aliphatic hydroxyl groups excluding tert-OH is 1. The molecule has 0 unspecified atom stereocenters. The minimum absolute atomic E-state index is 0.00440. The highest BCUT2D eigenvalue weighted by atomic mass is 16.5. The summed E-state index contributed by atoms with van der Waals surface area (Å²) < 4.78 is 8.49. The molecule has 0 fully saturated rings. The summed E-state index contributed by atoms with van der Waals surface area (Å²) in [6, 6.07) is 7.66. The van der Waals surface area contributed by atoms with Crippen LogP contribution >= 0.6 is 0 Å². The molecule has 1 aromatic carbocycles. The number of aliphatic hydroxyl groups is 1. The van der Waals surface area contributed by atoms with E-state index >= 15 is 0 Å². The van der Waals surface area contributed by atoms with Crippen molar-refractivity contribution in [3.63, 3.8) is 0 Å². The van der Waals surface area contributed by atoms with Crippen molar-refractivity contribution >= 4 is 11.0 Å². The SMILES string of the molecule is Cn1c(=O)n(CCOCCO)c2ccccc21. The summed E-state index contributed by atoms with van der Waals surface area (Å²) in [6.07, 6.45) is 0. The number of nitrogens with zero attached hydrogens (tertiary/aromatic N) is 2. The number of imidazole rings is 1. The van der Waals surface area contributed by atoms with E-state index in [1.807, 2.05) is 24.3 Å². The quantitative estimate of drug-likeness (QED) is 0.762. The van der Waals surface area contributed by atoms with Crippen LogP contribution in [0.1, 0.15) is 0 Å². The zero-order valence-electron chi connectivity index (χ0n) is 9.80. The van der Waals surface area contributed by atoms with E-state index < -0.39 is 0 Å². The zero-order chi connectivity index (χ0) is 12.3. The lowest BCUT2D eigenvalue weighted by molar-refractivity contribution is 0.0870. The molecule has 0 atom stereocenters. The van der Waals surface area contributed by atoms with E-state index in [2.05, 4.69) is 0 Å². The fraction of sp³-hybridized carbons (Fsp3) is 0.417. The van der Waals surface area contributed by atoms with E-state index in [1.165, 1.54) is 0 Å². The highest BCUT2D eigenvalue weighted by Crippen LogP contribution is 2.10. The minimum Gasteiger partial charge on any atom is -0.394 e. The molecule has 1 aromatic heterocycles. The number of benzene rings is 1. The van der Waals surface area contributed by atoms with Crippen LogP contribution in [-0.2, 0) is 18.3 Å². The molecule has 0 spiro atoms. The second kappa shape index (κ2) is 5.16. The first kappa shape index (κ1) is 11.9. The van der Waals surface area contributed by atoms with Crippen LogP contribution < -0.4 is 5.69 Å². The summed E-state index contributed by atoms with van der Waals surface area (Å²) in [5.74, 6) is 0. The Morgan fingerprint density at radius 2 is 1.94 bits per heavy atom. The molecule has 92 valence electrons. The summed E-state index contributed by atoms with van der Waals surface area (Å²) in [5.41, 5.74) is 1.78. The van der Waals surface area contributed by atoms with E-state index in [-0.39, 0.29) is 12.3 Å². The third-order valence-electron chi connectivity index (χ3n) is 2.75. The van der Waals surface area contributed by atoms with Crippen LogP contribution in [0.2, 0.25) is 0 Å². The molecule has 1 heterocycles. The summed E-state index contributed by atoms with van der Waals surface area (Å²) in [4.78, 5) is 12.0. The number of para-hydroxylation sites is 2. The third-order valence-corrected chi connectivity index (χ3v) is 2.75. The molecule has 5 heteroatoms. The fourth-order valence-electron chi connectivity index (χ4n) is 1.90. The average molecular weight is 236 g/mol. The van der Waals surface area contributed by atoms with E-state index in [4.69, 9.17) is 9.84 Å². The number of fused-ring (bicyclic) bond motifs is 1. The second-order valence-electron chi connectivity index (χ2n) is 3.82. The number of hydrogen-bond donors (Lipinski definition) is 1. The van der Waals surface area contributed by atoms with Gasteiger partial charge in [0.05, 0.1) is 37.4 Å². The van der Waals surface area contributed by atoms with Gasteiger partial charge in [-0.3, -0.25) is 9.13 Å². The fourth-order valence-corrected chi connectivity index (χ4v) is 1.90. The number of rotatable bonds is 5. The Balaban J connectivity index is 2.27. The van der Waals surface area contributed by atoms with E-state index in [0.29, 0.717) is 19.8 Å². The maximum absolute atomic E-state index is 12.0. The molecule has 0 saturated carbocycles. The lowest BCUT2D eigenvalue weighted by Gasteiger charge is -2.03. The van der Waals surface area contributed by atoms with Crippen molar-refractivity contribution in [3.05, 3.63) is 34.7 Å². The first-order valence-electron chi connectivity index (χ1n) is 5.58. The first-order chi connectivity index (χ1) is 8.25. The summed E-state index contributed by atoms with van der Waals surface area (Å²) >= 11 is 0. The van der Waals surface area contributed by atoms with Crippen molar-refractivity contribution < 1.29 is 9.84 Å². The van der Waals surface area contributed by atoms with Crippen molar-refractivity contribution in [3.8, 4) is 0 Å². The van der Waals surface area contributed by atoms with Crippen molar-refractivity contribution in [1.82, 2.24) is 9.13 Å². The molecular weight excluding hydrogens is 220 g/mol. The molecule has 0 saturated heterocycles. The Morgan fingerprint density at radius 1 is 1.24 bits per heavy atom. The largest absolute Gasteiger partial charge is 0.394 e. The number of hydrogen-bond acceptors (Lipinski definition) is 3. The van der Waals surface area contributed by atoms with Gasteiger partial charge in [-0.1, -0.05) is 12.1 Å². The maximum atomic E-state index is 12.0. The van der Waals surface area contributed by atoms with Crippen LogP contribution in [0.15, 0.2) is 29.1 Å². The van der Waals surface area contributed by atoms with E-state index in [9.17, 15) is 4.79 Å². The first-order valence-corrected chi connectivity index (χ1v) is 5.58. The lowest BCUT2D eigenvalue weighted by atomic mass is 10.3. The Kier molecular flexibility index (Phi) is 3.61. The summed E-state index contributed by atoms with van der Waals surface area (Å²) in [6.45, 7) is 1.23. The predicted octanol–water partition coefficient (Wildman–Crippen LogP) is 0.349. The van der Waals surface area contributed by atoms with Gasteiger partial charge in [-0.25, -0.2) is 4.79 Å². The van der Waals surface area contributed by atoms with Gasteiger partial charge in [-0.15, -0.1) is 0 Å². The molecule has 1 N–H and O–H groups in total. The topological polar surface area (TPSA) is 56.4 Å². The molecule has 2 rings (SSSR count). The predicted molar refractivity (Wildman–Crippen MR) is 65.1 cm³/mol. The van der Waals surface area contributed by atoms with Crippen LogP contribution in [0.3, 0.4) is 0 Å². The van der Waals surface area contributed by atoms with Gasteiger partial charge in [0.1, 0.15) is 0 Å². The van der Waals surface area contributed by atoms with Gasteiger partial charge in [0.25, 0.3) is 0 Å². The smallest absolute Gasteiger partial charge is 0.328 e. The molecule has 0 aliphatic heterocycles. The van der Waals surface area contributed by atoms with E-state index in [0.717, 1.165) is 11.0 Å². The van der Waals surface area contributed by atoms with Gasteiger partial charge in [0, 0.05) is 7.05 Å². The van der Waals surface area contributed by atoms with Gasteiger partial charge in [0.15, 0.2) is 0 Å². The second-order valence-corrected chi connectivity index (χ2v) is 3.82. The molecule has 2 aromatic rings. The van der Waals surface area contributed by atoms with Gasteiger partial charge < -0.3 is 9.84 Å². The average Bonchev–Trinajstić information content (AvgIpc) is 2.60.